The average molecular weight is 157 g/mol. The average Bonchev–Trinajstić information content (AvgIpc) is 2.17. The number of rotatable bonds is 0. The molecule has 2 heterocycles. The minimum atomic E-state index is -0.692. The molecule has 3 heteroatoms. The number of nitrogens with zero attached hydrogens (tertiary/aromatic N) is 1. The van der Waals surface area contributed by atoms with Gasteiger partial charge in [-0.25, -0.2) is 0 Å². The van der Waals surface area contributed by atoms with E-state index in [0.717, 1.165) is 19.3 Å². The topological polar surface area (TPSA) is 43.7 Å². The highest BCUT2D eigenvalue weighted by atomic mass is 16.3. The lowest BCUT2D eigenvalue weighted by atomic mass is 9.98. The molecule has 2 N–H and O–H groups in total. The van der Waals surface area contributed by atoms with Crippen LogP contribution in [0.2, 0.25) is 0 Å². The molecule has 3 nitrogen and oxygen atoms in total. The van der Waals surface area contributed by atoms with Crippen molar-refractivity contribution in [1.82, 2.24) is 4.90 Å². The monoisotopic (exact) mass is 157 g/mol. The van der Waals surface area contributed by atoms with E-state index in [0.29, 0.717) is 12.5 Å². The first kappa shape index (κ1) is 7.53. The summed E-state index contributed by atoms with van der Waals surface area (Å²) < 4.78 is 0. The maximum atomic E-state index is 9.93. The van der Waals surface area contributed by atoms with Crippen LogP contribution in [0, 0.1) is 0 Å². The molecular weight excluding hydrogens is 142 g/mol. The van der Waals surface area contributed by atoms with Crippen LogP contribution in [0.25, 0.3) is 0 Å². The third-order valence-electron chi connectivity index (χ3n) is 3.19. The Morgan fingerprint density at radius 3 is 2.91 bits per heavy atom. The van der Waals surface area contributed by atoms with Crippen molar-refractivity contribution in [3.8, 4) is 0 Å². The summed E-state index contributed by atoms with van der Waals surface area (Å²) in [5.74, 6) is 0. The quantitative estimate of drug-likeness (QED) is 0.517. The summed E-state index contributed by atoms with van der Waals surface area (Å²) >= 11 is 0. The zero-order valence-electron chi connectivity index (χ0n) is 6.82. The second-order valence-electron chi connectivity index (χ2n) is 3.88. The van der Waals surface area contributed by atoms with Crippen LogP contribution in [0.3, 0.4) is 0 Å². The Morgan fingerprint density at radius 1 is 1.55 bits per heavy atom. The number of fused-ring (bicyclic) bond motifs is 2. The zero-order chi connectivity index (χ0) is 8.06. The predicted molar refractivity (Wildman–Crippen MR) is 41.0 cm³/mol. The van der Waals surface area contributed by atoms with Gasteiger partial charge in [0.2, 0.25) is 0 Å². The van der Waals surface area contributed by atoms with Gasteiger partial charge in [-0.2, -0.15) is 0 Å². The first-order chi connectivity index (χ1) is 5.12. The van der Waals surface area contributed by atoms with Gasteiger partial charge in [-0.3, -0.25) is 4.90 Å². The van der Waals surface area contributed by atoms with E-state index < -0.39 is 5.72 Å². The van der Waals surface area contributed by atoms with Crippen LogP contribution in [-0.2, 0) is 0 Å². The van der Waals surface area contributed by atoms with Gasteiger partial charge in [0, 0.05) is 12.5 Å². The number of hydrogen-bond donors (Lipinski definition) is 2. The minimum Gasteiger partial charge on any atom is -0.393 e. The van der Waals surface area contributed by atoms with Crippen LogP contribution >= 0.6 is 0 Å². The van der Waals surface area contributed by atoms with Crippen LogP contribution in [0.4, 0.5) is 0 Å². The standard InChI is InChI=1S/C8H15NO2/c1-9-6-2-3-8(9,11)5-7(10)4-6/h6-7,10-11H,2-5H2,1H3/t6-,7?,8-/m0/s1. The van der Waals surface area contributed by atoms with Crippen molar-refractivity contribution < 1.29 is 10.2 Å². The molecule has 0 radical (unpaired) electrons. The fourth-order valence-corrected chi connectivity index (χ4v) is 2.40. The van der Waals surface area contributed by atoms with E-state index in [9.17, 15) is 10.2 Å². The van der Waals surface area contributed by atoms with Gasteiger partial charge < -0.3 is 10.2 Å². The zero-order valence-corrected chi connectivity index (χ0v) is 6.82. The fourth-order valence-electron chi connectivity index (χ4n) is 2.40. The van der Waals surface area contributed by atoms with Crippen LogP contribution < -0.4 is 0 Å². The van der Waals surface area contributed by atoms with Gasteiger partial charge in [0.1, 0.15) is 5.72 Å². The summed E-state index contributed by atoms with van der Waals surface area (Å²) in [7, 11) is 1.95. The van der Waals surface area contributed by atoms with E-state index in [1.54, 1.807) is 0 Å². The summed E-state index contributed by atoms with van der Waals surface area (Å²) in [5.41, 5.74) is -0.692. The molecule has 2 aliphatic heterocycles. The summed E-state index contributed by atoms with van der Waals surface area (Å²) in [6.45, 7) is 0. The molecular formula is C8H15NO2. The van der Waals surface area contributed by atoms with E-state index in [1.165, 1.54) is 0 Å². The van der Waals surface area contributed by atoms with Crippen molar-refractivity contribution in [1.29, 1.82) is 0 Å². The maximum absolute atomic E-state index is 9.93. The normalized spacial score (nSPS) is 51.5. The van der Waals surface area contributed by atoms with E-state index in [1.807, 2.05) is 11.9 Å². The number of piperidine rings is 1. The molecule has 2 bridgehead atoms. The number of aliphatic hydroxyl groups excluding tert-OH is 1. The van der Waals surface area contributed by atoms with E-state index >= 15 is 0 Å². The highest BCUT2D eigenvalue weighted by Gasteiger charge is 2.48. The van der Waals surface area contributed by atoms with E-state index in [2.05, 4.69) is 0 Å². The lowest BCUT2D eigenvalue weighted by Crippen LogP contribution is -2.51. The molecule has 1 unspecified atom stereocenters. The molecule has 2 fully saturated rings. The largest absolute Gasteiger partial charge is 0.393 e. The van der Waals surface area contributed by atoms with Gasteiger partial charge in [0.05, 0.1) is 6.10 Å². The van der Waals surface area contributed by atoms with Gasteiger partial charge in [-0.05, 0) is 26.3 Å². The van der Waals surface area contributed by atoms with Gasteiger partial charge in [0.25, 0.3) is 0 Å². The Hall–Kier alpha value is -0.120. The molecule has 2 rings (SSSR count). The van der Waals surface area contributed by atoms with Crippen LogP contribution in [-0.4, -0.2) is 40.0 Å². The number of hydrogen-bond acceptors (Lipinski definition) is 3. The highest BCUT2D eigenvalue weighted by Crippen LogP contribution is 2.40. The lowest BCUT2D eigenvalue weighted by molar-refractivity contribution is -0.136. The molecule has 0 aromatic rings. The SMILES string of the molecule is CN1[C@H]2CC[C@]1(O)CC(O)C2. The lowest BCUT2D eigenvalue weighted by Gasteiger charge is -2.40. The van der Waals surface area contributed by atoms with Crippen LogP contribution in [0.1, 0.15) is 25.7 Å². The minimum absolute atomic E-state index is 0.288. The molecule has 11 heavy (non-hydrogen) atoms. The third-order valence-corrected chi connectivity index (χ3v) is 3.19. The Labute approximate surface area is 66.6 Å². The molecule has 64 valence electrons. The fraction of sp³-hybridized carbons (Fsp3) is 1.00. The molecule has 0 saturated carbocycles. The van der Waals surface area contributed by atoms with Gasteiger partial charge in [-0.1, -0.05) is 0 Å². The first-order valence-corrected chi connectivity index (χ1v) is 4.25. The molecule has 0 aliphatic carbocycles. The molecule has 0 amide bonds. The van der Waals surface area contributed by atoms with E-state index in [4.69, 9.17) is 0 Å². The van der Waals surface area contributed by atoms with Gasteiger partial charge >= 0.3 is 0 Å². The van der Waals surface area contributed by atoms with Crippen molar-refractivity contribution >= 4 is 0 Å². The van der Waals surface area contributed by atoms with Crippen molar-refractivity contribution in [2.75, 3.05) is 7.05 Å². The Balaban J connectivity index is 2.20. The van der Waals surface area contributed by atoms with Crippen molar-refractivity contribution in [3.63, 3.8) is 0 Å². The Morgan fingerprint density at radius 2 is 2.27 bits per heavy atom. The Kier molecular flexibility index (Phi) is 1.50. The molecule has 2 saturated heterocycles. The molecule has 2 aliphatic rings. The second kappa shape index (κ2) is 2.19. The van der Waals surface area contributed by atoms with Crippen LogP contribution in [0.15, 0.2) is 0 Å². The highest BCUT2D eigenvalue weighted by molar-refractivity contribution is 4.98. The molecule has 3 atom stereocenters. The van der Waals surface area contributed by atoms with Crippen LogP contribution in [0.5, 0.6) is 0 Å². The third kappa shape index (κ3) is 0.991. The number of aliphatic hydroxyl groups is 2. The Bertz CT molecular complexity index is 173. The first-order valence-electron chi connectivity index (χ1n) is 4.25. The second-order valence-corrected chi connectivity index (χ2v) is 3.88. The smallest absolute Gasteiger partial charge is 0.121 e. The van der Waals surface area contributed by atoms with E-state index in [-0.39, 0.29) is 6.10 Å². The van der Waals surface area contributed by atoms with Gasteiger partial charge in [0.15, 0.2) is 0 Å². The molecule has 0 spiro atoms. The summed E-state index contributed by atoms with van der Waals surface area (Å²) in [5, 5.41) is 19.3. The maximum Gasteiger partial charge on any atom is 0.121 e. The summed E-state index contributed by atoms with van der Waals surface area (Å²) in [6.07, 6.45) is 2.93. The molecule has 0 aromatic carbocycles. The van der Waals surface area contributed by atoms with Gasteiger partial charge in [-0.15, -0.1) is 0 Å². The van der Waals surface area contributed by atoms with Crippen molar-refractivity contribution in [2.24, 2.45) is 0 Å². The van der Waals surface area contributed by atoms with Crippen molar-refractivity contribution in [2.45, 2.75) is 43.6 Å². The summed E-state index contributed by atoms with van der Waals surface area (Å²) in [6, 6.07) is 0.406. The molecule has 0 aromatic heterocycles. The van der Waals surface area contributed by atoms with Crippen molar-refractivity contribution in [3.05, 3.63) is 0 Å². The summed E-state index contributed by atoms with van der Waals surface area (Å²) in [4.78, 5) is 2.01. The predicted octanol–water partition coefficient (Wildman–Crippen LogP) is -0.0761.